The molecule has 0 atom stereocenters. The fraction of sp³-hybridized carbons (Fsp3) is 0.250. The van der Waals surface area contributed by atoms with E-state index in [1.165, 1.54) is 0 Å². The number of nitrogens with zero attached hydrogens (tertiary/aromatic N) is 3. The molecular weight excluding hydrogens is 180 g/mol. The maximum absolute atomic E-state index is 11.5. The van der Waals surface area contributed by atoms with E-state index in [0.717, 1.165) is 6.33 Å². The summed E-state index contributed by atoms with van der Waals surface area (Å²) in [4.78, 5) is 9.89. The van der Waals surface area contributed by atoms with Gasteiger partial charge in [0.2, 0.25) is 5.28 Å². The summed E-state index contributed by atoms with van der Waals surface area (Å²) in [5.74, 6) is 0. The molecule has 0 N–H and O–H groups in total. The van der Waals surface area contributed by atoms with E-state index in [1.54, 1.807) is 0 Å². The first kappa shape index (κ1) is 8.06. The van der Waals surface area contributed by atoms with Gasteiger partial charge in [-0.05, 0) is 11.6 Å². The fourth-order valence-electron chi connectivity index (χ4n) is 0.399. The molecule has 11 heavy (non-hydrogen) atoms. The van der Waals surface area contributed by atoms with Crippen LogP contribution >= 0.6 is 11.6 Å². The summed E-state index contributed by atoms with van der Waals surface area (Å²) in [6, 6.07) is -0.486. The second-order valence-corrected chi connectivity index (χ2v) is 1.75. The molecule has 1 heterocycles. The molecule has 1 aromatic heterocycles. The molecule has 0 saturated carbocycles. The second kappa shape index (κ2) is 3.38. The molecule has 0 bridgehead atoms. The average molecular weight is 182 g/mol. The third-order valence-corrected chi connectivity index (χ3v) is 0.897. The van der Waals surface area contributed by atoms with Crippen molar-refractivity contribution in [2.75, 3.05) is 0 Å². The van der Waals surface area contributed by atoms with Crippen LogP contribution in [0.25, 0.3) is 0 Å². The van der Waals surface area contributed by atoms with Crippen LogP contribution in [0.5, 0.6) is 6.01 Å². The zero-order valence-electron chi connectivity index (χ0n) is 5.04. The Hall–Kier alpha value is -1.04. The van der Waals surface area contributed by atoms with Crippen molar-refractivity contribution >= 4 is 11.6 Å². The molecule has 0 aliphatic rings. The topological polar surface area (TPSA) is 47.9 Å². The Balaban J connectivity index is 2.71. The van der Waals surface area contributed by atoms with E-state index in [4.69, 9.17) is 11.6 Å². The number of ether oxygens (including phenoxy) is 1. The molecule has 0 aliphatic carbocycles. The van der Waals surface area contributed by atoms with Gasteiger partial charge in [-0.2, -0.15) is 18.7 Å². The van der Waals surface area contributed by atoms with Gasteiger partial charge in [0.05, 0.1) is 0 Å². The van der Waals surface area contributed by atoms with Crippen LogP contribution in [0.3, 0.4) is 0 Å². The molecular formula is C4H2ClF2N3O. The molecule has 0 fully saturated rings. The van der Waals surface area contributed by atoms with Crippen LogP contribution in [0.15, 0.2) is 6.33 Å². The Morgan fingerprint density at radius 1 is 1.45 bits per heavy atom. The van der Waals surface area contributed by atoms with Crippen LogP contribution in [0.1, 0.15) is 0 Å². The summed E-state index contributed by atoms with van der Waals surface area (Å²) in [6.45, 7) is -2.95. The molecule has 60 valence electrons. The van der Waals surface area contributed by atoms with E-state index >= 15 is 0 Å². The Kier molecular flexibility index (Phi) is 2.48. The Morgan fingerprint density at radius 3 is 2.73 bits per heavy atom. The maximum atomic E-state index is 11.5. The summed E-state index contributed by atoms with van der Waals surface area (Å²) in [7, 11) is 0. The number of hydrogen-bond donors (Lipinski definition) is 0. The lowest BCUT2D eigenvalue weighted by atomic mass is 11.0. The first-order valence-corrected chi connectivity index (χ1v) is 2.85. The average Bonchev–Trinajstić information content (AvgIpc) is 1.85. The molecule has 0 unspecified atom stereocenters. The molecule has 1 rings (SSSR count). The Labute approximate surface area is 65.2 Å². The quantitative estimate of drug-likeness (QED) is 0.686. The zero-order chi connectivity index (χ0) is 8.27. The number of alkyl halides is 2. The van der Waals surface area contributed by atoms with Crippen LogP contribution in [-0.2, 0) is 0 Å². The lowest BCUT2D eigenvalue weighted by Crippen LogP contribution is -2.05. The summed E-state index contributed by atoms with van der Waals surface area (Å²) >= 11 is 5.24. The molecule has 0 saturated heterocycles. The van der Waals surface area contributed by atoms with Crippen molar-refractivity contribution in [2.45, 2.75) is 6.61 Å². The minimum absolute atomic E-state index is 0.185. The van der Waals surface area contributed by atoms with Crippen molar-refractivity contribution in [3.8, 4) is 6.01 Å². The van der Waals surface area contributed by atoms with E-state index in [9.17, 15) is 8.78 Å². The lowest BCUT2D eigenvalue weighted by molar-refractivity contribution is -0.0562. The first-order valence-electron chi connectivity index (χ1n) is 2.48. The number of halogens is 3. The van der Waals surface area contributed by atoms with Gasteiger partial charge in [0.1, 0.15) is 6.33 Å². The van der Waals surface area contributed by atoms with E-state index < -0.39 is 12.6 Å². The molecule has 0 aromatic carbocycles. The molecule has 1 aromatic rings. The Morgan fingerprint density at radius 2 is 2.18 bits per heavy atom. The van der Waals surface area contributed by atoms with Crippen molar-refractivity contribution < 1.29 is 13.5 Å². The van der Waals surface area contributed by atoms with Crippen LogP contribution in [-0.4, -0.2) is 21.6 Å². The van der Waals surface area contributed by atoms with E-state index in [0.29, 0.717) is 0 Å². The predicted octanol–water partition coefficient (Wildman–Crippen LogP) is 1.13. The van der Waals surface area contributed by atoms with Gasteiger partial charge in [0.25, 0.3) is 0 Å². The van der Waals surface area contributed by atoms with Crippen LogP contribution < -0.4 is 4.74 Å². The summed E-state index contributed by atoms with van der Waals surface area (Å²) in [6.07, 6.45) is 0.979. The highest BCUT2D eigenvalue weighted by Gasteiger charge is 2.06. The van der Waals surface area contributed by atoms with Crippen molar-refractivity contribution in [2.24, 2.45) is 0 Å². The third kappa shape index (κ3) is 2.58. The monoisotopic (exact) mass is 181 g/mol. The SMILES string of the molecule is FC(F)Oc1ncnc(Cl)n1. The molecule has 0 radical (unpaired) electrons. The molecule has 0 amide bonds. The van der Waals surface area contributed by atoms with Gasteiger partial charge >= 0.3 is 12.6 Å². The van der Waals surface area contributed by atoms with Gasteiger partial charge in [0.15, 0.2) is 0 Å². The smallest absolute Gasteiger partial charge is 0.389 e. The second-order valence-electron chi connectivity index (χ2n) is 1.42. The van der Waals surface area contributed by atoms with Gasteiger partial charge in [0, 0.05) is 0 Å². The van der Waals surface area contributed by atoms with E-state index in [-0.39, 0.29) is 5.28 Å². The highest BCUT2D eigenvalue weighted by Crippen LogP contribution is 2.07. The Bertz CT molecular complexity index is 247. The minimum atomic E-state index is -2.95. The minimum Gasteiger partial charge on any atom is -0.401 e. The number of rotatable bonds is 2. The zero-order valence-corrected chi connectivity index (χ0v) is 5.79. The van der Waals surface area contributed by atoms with Gasteiger partial charge in [-0.1, -0.05) is 0 Å². The molecule has 4 nitrogen and oxygen atoms in total. The van der Waals surface area contributed by atoms with Crippen LogP contribution in [0.4, 0.5) is 8.78 Å². The van der Waals surface area contributed by atoms with Crippen molar-refractivity contribution in [3.63, 3.8) is 0 Å². The number of aromatic nitrogens is 3. The van der Waals surface area contributed by atoms with Crippen LogP contribution in [0.2, 0.25) is 5.28 Å². The van der Waals surface area contributed by atoms with Gasteiger partial charge in [-0.3, -0.25) is 0 Å². The first-order chi connectivity index (χ1) is 5.18. The highest BCUT2D eigenvalue weighted by atomic mass is 35.5. The van der Waals surface area contributed by atoms with Crippen molar-refractivity contribution in [3.05, 3.63) is 11.6 Å². The highest BCUT2D eigenvalue weighted by molar-refractivity contribution is 6.28. The largest absolute Gasteiger partial charge is 0.401 e. The summed E-state index contributed by atoms with van der Waals surface area (Å²) < 4.78 is 26.8. The maximum Gasteiger partial charge on any atom is 0.389 e. The normalized spacial score (nSPS) is 10.2. The fourth-order valence-corrected chi connectivity index (χ4v) is 0.515. The predicted molar refractivity (Wildman–Crippen MR) is 31.5 cm³/mol. The van der Waals surface area contributed by atoms with Crippen molar-refractivity contribution in [1.29, 1.82) is 0 Å². The van der Waals surface area contributed by atoms with Crippen molar-refractivity contribution in [1.82, 2.24) is 15.0 Å². The lowest BCUT2D eigenvalue weighted by Gasteiger charge is -1.99. The molecule has 0 aliphatic heterocycles. The van der Waals surface area contributed by atoms with Gasteiger partial charge in [-0.25, -0.2) is 4.98 Å². The molecule has 0 spiro atoms. The van der Waals surface area contributed by atoms with Crippen LogP contribution in [0, 0.1) is 0 Å². The molecule has 7 heteroatoms. The van der Waals surface area contributed by atoms with E-state index in [2.05, 4.69) is 19.7 Å². The van der Waals surface area contributed by atoms with Gasteiger partial charge < -0.3 is 4.74 Å². The van der Waals surface area contributed by atoms with Gasteiger partial charge in [-0.15, -0.1) is 0 Å². The number of hydrogen-bond acceptors (Lipinski definition) is 4. The standard InChI is InChI=1S/C4H2ClF2N3O/c5-2-8-1-9-4(10-2)11-3(6)7/h1,3H. The van der Waals surface area contributed by atoms with E-state index in [1.807, 2.05) is 0 Å². The summed E-state index contributed by atoms with van der Waals surface area (Å²) in [5.41, 5.74) is 0. The third-order valence-electron chi connectivity index (χ3n) is 0.715. The summed E-state index contributed by atoms with van der Waals surface area (Å²) in [5, 5.41) is -0.185.